The molecule has 20 heavy (non-hydrogen) atoms. The van der Waals surface area contributed by atoms with Crippen LogP contribution in [0.25, 0.3) is 0 Å². The van der Waals surface area contributed by atoms with Crippen molar-refractivity contribution in [2.24, 2.45) is 0 Å². The highest BCUT2D eigenvalue weighted by molar-refractivity contribution is 7.99. The molecule has 0 bridgehead atoms. The minimum atomic E-state index is -1.08. The van der Waals surface area contributed by atoms with Gasteiger partial charge in [0.25, 0.3) is 0 Å². The van der Waals surface area contributed by atoms with Gasteiger partial charge in [0, 0.05) is 9.79 Å². The topological polar surface area (TPSA) is 61.1 Å². The molecule has 0 saturated carbocycles. The fourth-order valence-corrected chi connectivity index (χ4v) is 2.65. The lowest BCUT2D eigenvalue weighted by Gasteiger charge is -2.05. The van der Waals surface area contributed by atoms with Crippen LogP contribution in [0.2, 0.25) is 0 Å². The van der Waals surface area contributed by atoms with Crippen LogP contribution < -0.4 is 0 Å². The van der Waals surface area contributed by atoms with Gasteiger partial charge in [0.2, 0.25) is 0 Å². The molecule has 0 radical (unpaired) electrons. The Balaban J connectivity index is 2.27. The van der Waals surface area contributed by atoms with Gasteiger partial charge in [-0.2, -0.15) is 5.26 Å². The maximum absolute atomic E-state index is 11.1. The van der Waals surface area contributed by atoms with Gasteiger partial charge >= 0.3 is 5.97 Å². The third kappa shape index (κ3) is 3.19. The number of hydrogen-bond acceptors (Lipinski definition) is 3. The molecule has 0 heterocycles. The minimum Gasteiger partial charge on any atom is -0.478 e. The van der Waals surface area contributed by atoms with E-state index in [1.54, 1.807) is 18.2 Å². The fraction of sp³-hybridized carbons (Fsp3) is 0.125. The van der Waals surface area contributed by atoms with Crippen molar-refractivity contribution in [3.05, 3.63) is 59.2 Å². The molecule has 0 fully saturated rings. The first-order chi connectivity index (χ1) is 9.63. The number of carboxylic acids is 1. The van der Waals surface area contributed by atoms with Gasteiger partial charge in [-0.25, -0.2) is 4.79 Å². The molecule has 0 aliphatic carbocycles. The van der Waals surface area contributed by atoms with Crippen LogP contribution in [0.3, 0.4) is 0 Å². The number of nitriles is 1. The van der Waals surface area contributed by atoms with Crippen LogP contribution in [0, 0.1) is 11.3 Å². The number of rotatable bonds is 4. The molecule has 0 aromatic heterocycles. The Labute approximate surface area is 121 Å². The van der Waals surface area contributed by atoms with Crippen molar-refractivity contribution in [1.82, 2.24) is 0 Å². The van der Waals surface area contributed by atoms with Crippen LogP contribution in [0.4, 0.5) is 0 Å². The smallest absolute Gasteiger partial charge is 0.337 e. The van der Waals surface area contributed by atoms with E-state index < -0.39 is 5.97 Å². The normalized spacial score (nSPS) is 10.0. The maximum Gasteiger partial charge on any atom is 0.337 e. The molecule has 3 nitrogen and oxygen atoms in total. The SMILES string of the molecule is CCc1ccc(Sc2ccc(C#N)c(C(=O)O)c2)cc1. The van der Waals surface area contributed by atoms with Crippen LogP contribution in [0.15, 0.2) is 52.3 Å². The average molecular weight is 283 g/mol. The Kier molecular flexibility index (Phi) is 4.44. The summed E-state index contributed by atoms with van der Waals surface area (Å²) in [5, 5.41) is 18.0. The number of carboxylic acid groups (broad SMARTS) is 1. The lowest BCUT2D eigenvalue weighted by atomic mass is 10.1. The molecule has 4 heteroatoms. The molecule has 2 aromatic carbocycles. The van der Waals surface area contributed by atoms with E-state index >= 15 is 0 Å². The van der Waals surface area contributed by atoms with Crippen LogP contribution in [-0.4, -0.2) is 11.1 Å². The highest BCUT2D eigenvalue weighted by atomic mass is 32.2. The summed E-state index contributed by atoms with van der Waals surface area (Å²) in [5.41, 5.74) is 1.49. The van der Waals surface area contributed by atoms with Crippen molar-refractivity contribution in [2.45, 2.75) is 23.1 Å². The predicted molar refractivity (Wildman–Crippen MR) is 78.1 cm³/mol. The summed E-state index contributed by atoms with van der Waals surface area (Å²) in [4.78, 5) is 13.0. The molecular weight excluding hydrogens is 270 g/mol. The van der Waals surface area contributed by atoms with Gasteiger partial charge in [-0.3, -0.25) is 0 Å². The van der Waals surface area contributed by atoms with Crippen molar-refractivity contribution in [3.8, 4) is 6.07 Å². The second-order valence-corrected chi connectivity index (χ2v) is 5.37. The van der Waals surface area contributed by atoms with Gasteiger partial charge in [0.05, 0.1) is 11.1 Å². The summed E-state index contributed by atoms with van der Waals surface area (Å²) in [6, 6.07) is 14.9. The van der Waals surface area contributed by atoms with E-state index in [9.17, 15) is 4.79 Å². The monoisotopic (exact) mass is 283 g/mol. The summed E-state index contributed by atoms with van der Waals surface area (Å²) in [6.07, 6.45) is 0.991. The first-order valence-corrected chi connectivity index (χ1v) is 7.00. The molecule has 0 aliphatic heterocycles. The second kappa shape index (κ2) is 6.27. The Morgan fingerprint density at radius 3 is 2.40 bits per heavy atom. The molecule has 0 atom stereocenters. The van der Waals surface area contributed by atoms with E-state index in [1.165, 1.54) is 17.3 Å². The lowest BCUT2D eigenvalue weighted by molar-refractivity contribution is 0.0696. The second-order valence-electron chi connectivity index (χ2n) is 4.22. The summed E-state index contributed by atoms with van der Waals surface area (Å²) in [6.45, 7) is 2.10. The summed E-state index contributed by atoms with van der Waals surface area (Å²) >= 11 is 1.48. The zero-order valence-electron chi connectivity index (χ0n) is 11.0. The van der Waals surface area contributed by atoms with Crippen molar-refractivity contribution < 1.29 is 9.90 Å². The van der Waals surface area contributed by atoms with E-state index in [2.05, 4.69) is 19.1 Å². The summed E-state index contributed by atoms with van der Waals surface area (Å²) in [7, 11) is 0. The molecule has 0 spiro atoms. The molecule has 2 aromatic rings. The molecule has 0 unspecified atom stereocenters. The Bertz CT molecular complexity index is 672. The quantitative estimate of drug-likeness (QED) is 0.922. The highest BCUT2D eigenvalue weighted by Crippen LogP contribution is 2.29. The number of nitrogens with zero attached hydrogens (tertiary/aromatic N) is 1. The molecule has 0 amide bonds. The number of hydrogen-bond donors (Lipinski definition) is 1. The third-order valence-electron chi connectivity index (χ3n) is 2.91. The molecular formula is C16H13NO2S. The van der Waals surface area contributed by atoms with Crippen molar-refractivity contribution in [2.75, 3.05) is 0 Å². The number of aryl methyl sites for hydroxylation is 1. The Morgan fingerprint density at radius 1 is 1.20 bits per heavy atom. The first kappa shape index (κ1) is 14.2. The van der Waals surface area contributed by atoms with Gasteiger partial charge in [-0.05, 0) is 42.3 Å². The van der Waals surface area contributed by atoms with Gasteiger partial charge in [0.1, 0.15) is 6.07 Å². The molecule has 100 valence electrons. The Morgan fingerprint density at radius 2 is 1.85 bits per heavy atom. The van der Waals surface area contributed by atoms with E-state index in [-0.39, 0.29) is 11.1 Å². The van der Waals surface area contributed by atoms with Gasteiger partial charge in [0.15, 0.2) is 0 Å². The van der Waals surface area contributed by atoms with Gasteiger partial charge in [-0.1, -0.05) is 30.8 Å². The number of aromatic carboxylic acids is 1. The zero-order chi connectivity index (χ0) is 14.5. The van der Waals surface area contributed by atoms with Crippen LogP contribution in [-0.2, 0) is 6.42 Å². The van der Waals surface area contributed by atoms with E-state index in [0.29, 0.717) is 0 Å². The van der Waals surface area contributed by atoms with Gasteiger partial charge < -0.3 is 5.11 Å². The summed E-state index contributed by atoms with van der Waals surface area (Å²) < 4.78 is 0. The van der Waals surface area contributed by atoms with Crippen LogP contribution in [0.5, 0.6) is 0 Å². The average Bonchev–Trinajstić information content (AvgIpc) is 2.48. The third-order valence-corrected chi connectivity index (χ3v) is 3.91. The van der Waals surface area contributed by atoms with Crippen molar-refractivity contribution >= 4 is 17.7 Å². The zero-order valence-corrected chi connectivity index (χ0v) is 11.8. The van der Waals surface area contributed by atoms with E-state index in [1.807, 2.05) is 18.2 Å². The first-order valence-electron chi connectivity index (χ1n) is 6.18. The standard InChI is InChI=1S/C16H13NO2S/c1-2-11-3-6-13(7-4-11)20-14-8-5-12(10-17)15(9-14)16(18)19/h3-9H,2H2,1H3,(H,18,19). The minimum absolute atomic E-state index is 0.0441. The van der Waals surface area contributed by atoms with Crippen LogP contribution in [0.1, 0.15) is 28.4 Å². The van der Waals surface area contributed by atoms with E-state index in [4.69, 9.17) is 10.4 Å². The molecule has 2 rings (SSSR count). The number of carbonyl (C=O) groups is 1. The van der Waals surface area contributed by atoms with E-state index in [0.717, 1.165) is 16.2 Å². The lowest BCUT2D eigenvalue weighted by Crippen LogP contribution is -2.00. The molecule has 0 aliphatic rings. The predicted octanol–water partition coefficient (Wildman–Crippen LogP) is 3.97. The Hall–Kier alpha value is -2.25. The number of benzene rings is 2. The van der Waals surface area contributed by atoms with Crippen molar-refractivity contribution in [1.29, 1.82) is 5.26 Å². The molecule has 0 saturated heterocycles. The van der Waals surface area contributed by atoms with Crippen LogP contribution >= 0.6 is 11.8 Å². The summed E-state index contributed by atoms with van der Waals surface area (Å²) in [5.74, 6) is -1.08. The largest absolute Gasteiger partial charge is 0.478 e. The van der Waals surface area contributed by atoms with Gasteiger partial charge in [-0.15, -0.1) is 0 Å². The van der Waals surface area contributed by atoms with Crippen molar-refractivity contribution in [3.63, 3.8) is 0 Å². The maximum atomic E-state index is 11.1. The molecule has 1 N–H and O–H groups in total. The highest BCUT2D eigenvalue weighted by Gasteiger charge is 2.11. The fourth-order valence-electron chi connectivity index (χ4n) is 1.79.